The van der Waals surface area contributed by atoms with E-state index in [0.717, 1.165) is 12.2 Å². The number of fused-ring (bicyclic) bond motifs is 1. The summed E-state index contributed by atoms with van der Waals surface area (Å²) >= 11 is 0. The zero-order valence-electron chi connectivity index (χ0n) is 7.08. The molecule has 64 valence electrons. The van der Waals surface area contributed by atoms with Crippen LogP contribution in [-0.2, 0) is 6.42 Å². The first-order valence-corrected chi connectivity index (χ1v) is 4.16. The molecule has 0 fully saturated rings. The van der Waals surface area contributed by atoms with Crippen molar-refractivity contribution in [3.05, 3.63) is 29.3 Å². The van der Waals surface area contributed by atoms with Gasteiger partial charge in [-0.2, -0.15) is 0 Å². The predicted molar refractivity (Wildman–Crippen MR) is 46.4 cm³/mol. The minimum Gasteiger partial charge on any atom is -0.487 e. The van der Waals surface area contributed by atoms with Gasteiger partial charge in [-0.05, 0) is 18.6 Å². The van der Waals surface area contributed by atoms with E-state index >= 15 is 0 Å². The van der Waals surface area contributed by atoms with E-state index < -0.39 is 0 Å². The van der Waals surface area contributed by atoms with Gasteiger partial charge in [-0.3, -0.25) is 0 Å². The van der Waals surface area contributed by atoms with E-state index in [1.807, 2.05) is 12.1 Å². The molecule has 12 heavy (non-hydrogen) atoms. The molecule has 2 nitrogen and oxygen atoms in total. The average Bonchev–Trinajstić information content (AvgIpc) is 2.46. The van der Waals surface area contributed by atoms with Crippen LogP contribution < -0.4 is 4.74 Å². The molecule has 0 saturated heterocycles. The molecule has 2 heteroatoms. The molecule has 1 aliphatic heterocycles. The minimum atomic E-state index is -0.0261. The second-order valence-corrected chi connectivity index (χ2v) is 3.24. The molecule has 0 spiro atoms. The SMILES string of the molecule is Cc1ccc2c(c1)C[C@@H](CO)O2. The fourth-order valence-electron chi connectivity index (χ4n) is 1.55. The highest BCUT2D eigenvalue weighted by Gasteiger charge is 2.21. The Hall–Kier alpha value is -1.02. The van der Waals surface area contributed by atoms with Crippen LogP contribution in [0.3, 0.4) is 0 Å². The molecule has 1 aliphatic rings. The summed E-state index contributed by atoms with van der Waals surface area (Å²) in [5.74, 6) is 0.930. The smallest absolute Gasteiger partial charge is 0.126 e. The molecular weight excluding hydrogens is 152 g/mol. The number of benzene rings is 1. The lowest BCUT2D eigenvalue weighted by Crippen LogP contribution is -2.17. The predicted octanol–water partition coefficient (Wildman–Crippen LogP) is 1.29. The van der Waals surface area contributed by atoms with Crippen LogP contribution in [-0.4, -0.2) is 17.8 Å². The second-order valence-electron chi connectivity index (χ2n) is 3.24. The van der Waals surface area contributed by atoms with E-state index in [4.69, 9.17) is 9.84 Å². The van der Waals surface area contributed by atoms with Gasteiger partial charge in [0, 0.05) is 6.42 Å². The average molecular weight is 164 g/mol. The number of aryl methyl sites for hydroxylation is 1. The van der Waals surface area contributed by atoms with Gasteiger partial charge in [0.05, 0.1) is 6.61 Å². The van der Waals surface area contributed by atoms with Gasteiger partial charge in [0.25, 0.3) is 0 Å². The van der Waals surface area contributed by atoms with Gasteiger partial charge in [-0.25, -0.2) is 0 Å². The molecule has 1 heterocycles. The Balaban J connectivity index is 2.30. The molecule has 2 rings (SSSR count). The molecule has 1 N–H and O–H groups in total. The fraction of sp³-hybridized carbons (Fsp3) is 0.400. The molecular formula is C10H12O2. The van der Waals surface area contributed by atoms with E-state index in [9.17, 15) is 0 Å². The van der Waals surface area contributed by atoms with Gasteiger partial charge in [-0.15, -0.1) is 0 Å². The highest BCUT2D eigenvalue weighted by Crippen LogP contribution is 2.28. The summed E-state index contributed by atoms with van der Waals surface area (Å²) in [6, 6.07) is 6.11. The summed E-state index contributed by atoms with van der Waals surface area (Å²) in [5, 5.41) is 8.88. The molecule has 0 amide bonds. The lowest BCUT2D eigenvalue weighted by atomic mass is 10.1. The quantitative estimate of drug-likeness (QED) is 0.677. The van der Waals surface area contributed by atoms with Crippen molar-refractivity contribution in [1.82, 2.24) is 0 Å². The summed E-state index contributed by atoms with van der Waals surface area (Å²) in [6.45, 7) is 2.17. The maximum absolute atomic E-state index is 8.88. The third-order valence-electron chi connectivity index (χ3n) is 2.16. The number of ether oxygens (including phenoxy) is 1. The second kappa shape index (κ2) is 2.79. The Morgan fingerprint density at radius 3 is 3.17 bits per heavy atom. The molecule has 0 aliphatic carbocycles. The Morgan fingerprint density at radius 2 is 2.42 bits per heavy atom. The normalized spacial score (nSPS) is 20.3. The van der Waals surface area contributed by atoms with E-state index in [2.05, 4.69) is 13.0 Å². The first kappa shape index (κ1) is 7.62. The minimum absolute atomic E-state index is 0.0261. The maximum Gasteiger partial charge on any atom is 0.126 e. The van der Waals surface area contributed by atoms with Crippen LogP contribution in [0, 0.1) is 6.92 Å². The van der Waals surface area contributed by atoms with Crippen LogP contribution >= 0.6 is 0 Å². The summed E-state index contributed by atoms with van der Waals surface area (Å²) in [7, 11) is 0. The number of aliphatic hydroxyl groups is 1. The zero-order valence-corrected chi connectivity index (χ0v) is 7.08. The van der Waals surface area contributed by atoms with Crippen molar-refractivity contribution in [3.63, 3.8) is 0 Å². The first-order valence-electron chi connectivity index (χ1n) is 4.16. The summed E-state index contributed by atoms with van der Waals surface area (Å²) in [6.07, 6.45) is 0.815. The highest BCUT2D eigenvalue weighted by molar-refractivity contribution is 5.40. The number of aliphatic hydroxyl groups excluding tert-OH is 1. The third-order valence-corrected chi connectivity index (χ3v) is 2.16. The van der Waals surface area contributed by atoms with Gasteiger partial charge in [0.2, 0.25) is 0 Å². The van der Waals surface area contributed by atoms with Gasteiger partial charge >= 0.3 is 0 Å². The standard InChI is InChI=1S/C10H12O2/c1-7-2-3-10-8(4-7)5-9(6-11)12-10/h2-4,9,11H,5-6H2,1H3/t9-/m0/s1. The van der Waals surface area contributed by atoms with E-state index in [0.29, 0.717) is 0 Å². The monoisotopic (exact) mass is 164 g/mol. The van der Waals surface area contributed by atoms with Crippen molar-refractivity contribution >= 4 is 0 Å². The molecule has 0 radical (unpaired) electrons. The van der Waals surface area contributed by atoms with Gasteiger partial charge in [0.1, 0.15) is 11.9 Å². The highest BCUT2D eigenvalue weighted by atomic mass is 16.5. The summed E-state index contributed by atoms with van der Waals surface area (Å²) < 4.78 is 5.46. The van der Waals surface area contributed by atoms with Crippen molar-refractivity contribution in [1.29, 1.82) is 0 Å². The lowest BCUT2D eigenvalue weighted by molar-refractivity contribution is 0.134. The Bertz CT molecular complexity index is 294. The molecule has 1 aromatic carbocycles. The van der Waals surface area contributed by atoms with E-state index in [-0.39, 0.29) is 12.7 Å². The molecule has 1 atom stereocenters. The fourth-order valence-corrected chi connectivity index (χ4v) is 1.55. The zero-order chi connectivity index (χ0) is 8.55. The van der Waals surface area contributed by atoms with Crippen LogP contribution in [0.1, 0.15) is 11.1 Å². The van der Waals surface area contributed by atoms with Crippen molar-refractivity contribution in [2.75, 3.05) is 6.61 Å². The van der Waals surface area contributed by atoms with Crippen LogP contribution in [0.5, 0.6) is 5.75 Å². The summed E-state index contributed by atoms with van der Waals surface area (Å²) in [5.41, 5.74) is 2.46. The molecule has 0 aromatic heterocycles. The van der Waals surface area contributed by atoms with Crippen LogP contribution in [0.15, 0.2) is 18.2 Å². The van der Waals surface area contributed by atoms with Crippen LogP contribution in [0.2, 0.25) is 0 Å². The number of hydrogen-bond donors (Lipinski definition) is 1. The van der Waals surface area contributed by atoms with Gasteiger partial charge in [0.15, 0.2) is 0 Å². The molecule has 0 bridgehead atoms. The maximum atomic E-state index is 8.88. The lowest BCUT2D eigenvalue weighted by Gasteiger charge is -2.04. The Morgan fingerprint density at radius 1 is 1.58 bits per heavy atom. The first-order chi connectivity index (χ1) is 5.79. The van der Waals surface area contributed by atoms with Crippen LogP contribution in [0.4, 0.5) is 0 Å². The third kappa shape index (κ3) is 1.18. The van der Waals surface area contributed by atoms with Crippen molar-refractivity contribution in [2.24, 2.45) is 0 Å². The van der Waals surface area contributed by atoms with Crippen LogP contribution in [0.25, 0.3) is 0 Å². The van der Waals surface area contributed by atoms with Crippen molar-refractivity contribution in [2.45, 2.75) is 19.4 Å². The van der Waals surface area contributed by atoms with Gasteiger partial charge in [-0.1, -0.05) is 17.7 Å². The molecule has 0 unspecified atom stereocenters. The van der Waals surface area contributed by atoms with E-state index in [1.165, 1.54) is 11.1 Å². The molecule has 1 aromatic rings. The largest absolute Gasteiger partial charge is 0.487 e. The van der Waals surface area contributed by atoms with E-state index in [1.54, 1.807) is 0 Å². The topological polar surface area (TPSA) is 29.5 Å². The number of rotatable bonds is 1. The molecule has 0 saturated carbocycles. The Kier molecular flexibility index (Phi) is 1.77. The summed E-state index contributed by atoms with van der Waals surface area (Å²) in [4.78, 5) is 0. The van der Waals surface area contributed by atoms with Crippen molar-refractivity contribution < 1.29 is 9.84 Å². The van der Waals surface area contributed by atoms with Gasteiger partial charge < -0.3 is 9.84 Å². The number of hydrogen-bond acceptors (Lipinski definition) is 2. The Labute approximate surface area is 71.8 Å². The van der Waals surface area contributed by atoms with Crippen molar-refractivity contribution in [3.8, 4) is 5.75 Å².